The van der Waals surface area contributed by atoms with Gasteiger partial charge in [0.1, 0.15) is 0 Å². The van der Waals surface area contributed by atoms with Crippen LogP contribution in [-0.2, 0) is 0 Å². The van der Waals surface area contributed by atoms with Crippen molar-refractivity contribution in [1.82, 2.24) is 15.2 Å². The SMILES string of the molecule is NN(C(=O)c1cccc(Cl)c1)C(=O)c1ccc(=O)[nH]n1. The summed E-state index contributed by atoms with van der Waals surface area (Å²) < 4.78 is 0. The lowest BCUT2D eigenvalue weighted by Crippen LogP contribution is -2.43. The third-order valence-corrected chi connectivity index (χ3v) is 2.64. The van der Waals surface area contributed by atoms with E-state index in [0.717, 1.165) is 6.07 Å². The summed E-state index contributed by atoms with van der Waals surface area (Å²) in [4.78, 5) is 34.8. The highest BCUT2D eigenvalue weighted by atomic mass is 35.5. The maximum atomic E-state index is 12.0. The number of carbonyl (C=O) groups excluding carboxylic acids is 2. The highest BCUT2D eigenvalue weighted by Gasteiger charge is 2.22. The molecule has 0 saturated carbocycles. The van der Waals surface area contributed by atoms with Crippen molar-refractivity contribution in [1.29, 1.82) is 0 Å². The number of carbonyl (C=O) groups is 2. The Morgan fingerprint density at radius 2 is 1.95 bits per heavy atom. The average Bonchev–Trinajstić information content (AvgIpc) is 2.46. The maximum Gasteiger partial charge on any atom is 0.295 e. The van der Waals surface area contributed by atoms with Gasteiger partial charge in [0.05, 0.1) is 0 Å². The highest BCUT2D eigenvalue weighted by molar-refractivity contribution is 6.31. The predicted molar refractivity (Wildman–Crippen MR) is 71.0 cm³/mol. The topological polar surface area (TPSA) is 109 Å². The number of imide groups is 1. The lowest BCUT2D eigenvalue weighted by molar-refractivity contribution is 0.0611. The minimum atomic E-state index is -0.841. The molecule has 0 fully saturated rings. The van der Waals surface area contributed by atoms with E-state index in [1.165, 1.54) is 18.2 Å². The fourth-order valence-corrected chi connectivity index (χ4v) is 1.63. The predicted octanol–water partition coefficient (Wildman–Crippen LogP) is 0.580. The van der Waals surface area contributed by atoms with Crippen LogP contribution >= 0.6 is 11.6 Å². The molecule has 2 amide bonds. The first-order chi connectivity index (χ1) is 9.49. The Labute approximate surface area is 117 Å². The van der Waals surface area contributed by atoms with Crippen LogP contribution in [0.15, 0.2) is 41.2 Å². The number of hydrazine groups is 1. The molecule has 0 aliphatic heterocycles. The van der Waals surface area contributed by atoms with Gasteiger partial charge in [-0.15, -0.1) is 0 Å². The summed E-state index contributed by atoms with van der Waals surface area (Å²) in [6.45, 7) is 0. The summed E-state index contributed by atoms with van der Waals surface area (Å²) in [6, 6.07) is 8.29. The van der Waals surface area contributed by atoms with Gasteiger partial charge in [-0.05, 0) is 24.3 Å². The number of rotatable bonds is 2. The summed E-state index contributed by atoms with van der Waals surface area (Å²) in [7, 11) is 0. The van der Waals surface area contributed by atoms with Crippen LogP contribution in [-0.4, -0.2) is 27.0 Å². The van der Waals surface area contributed by atoms with E-state index >= 15 is 0 Å². The standard InChI is InChI=1S/C12H9ClN4O3/c13-8-3-1-2-7(6-8)11(19)17(14)12(20)9-4-5-10(18)16-15-9/h1-6H,14H2,(H,16,18). The van der Waals surface area contributed by atoms with Gasteiger partial charge in [0.15, 0.2) is 5.69 Å². The van der Waals surface area contributed by atoms with Gasteiger partial charge in [-0.3, -0.25) is 14.4 Å². The molecule has 2 aromatic rings. The van der Waals surface area contributed by atoms with E-state index in [4.69, 9.17) is 17.4 Å². The molecule has 7 nitrogen and oxygen atoms in total. The third-order valence-electron chi connectivity index (χ3n) is 2.41. The van der Waals surface area contributed by atoms with E-state index in [1.807, 2.05) is 0 Å². The largest absolute Gasteiger partial charge is 0.295 e. The van der Waals surface area contributed by atoms with Crippen LogP contribution in [0.25, 0.3) is 0 Å². The minimum absolute atomic E-state index is 0.150. The molecule has 0 aliphatic rings. The lowest BCUT2D eigenvalue weighted by Gasteiger charge is -2.14. The van der Waals surface area contributed by atoms with Gasteiger partial charge < -0.3 is 0 Å². The molecule has 0 atom stereocenters. The second-order valence-electron chi connectivity index (χ2n) is 3.80. The zero-order chi connectivity index (χ0) is 14.7. The van der Waals surface area contributed by atoms with E-state index in [-0.39, 0.29) is 11.3 Å². The van der Waals surface area contributed by atoms with Crippen LogP contribution in [0.2, 0.25) is 5.02 Å². The Morgan fingerprint density at radius 3 is 2.55 bits per heavy atom. The molecule has 0 aliphatic carbocycles. The quantitative estimate of drug-likeness (QED) is 0.364. The smallest absolute Gasteiger partial charge is 0.268 e. The van der Waals surface area contributed by atoms with Crippen LogP contribution in [0, 0.1) is 0 Å². The van der Waals surface area contributed by atoms with Crippen molar-refractivity contribution in [3.05, 3.63) is 63.0 Å². The van der Waals surface area contributed by atoms with Crippen LogP contribution < -0.4 is 11.4 Å². The molecule has 1 aromatic carbocycles. The van der Waals surface area contributed by atoms with E-state index in [0.29, 0.717) is 10.0 Å². The maximum absolute atomic E-state index is 12.0. The molecular weight excluding hydrogens is 284 g/mol. The molecule has 0 bridgehead atoms. The second kappa shape index (κ2) is 5.64. The first-order valence-corrected chi connectivity index (χ1v) is 5.81. The normalized spacial score (nSPS) is 10.1. The molecule has 1 aromatic heterocycles. The molecule has 1 heterocycles. The van der Waals surface area contributed by atoms with Crippen molar-refractivity contribution in [2.75, 3.05) is 0 Å². The first kappa shape index (κ1) is 13.9. The number of aromatic amines is 1. The number of nitrogens with two attached hydrogens (primary N) is 1. The number of hydrogen-bond acceptors (Lipinski definition) is 5. The number of halogens is 1. The molecule has 102 valence electrons. The van der Waals surface area contributed by atoms with Gasteiger partial charge in [-0.1, -0.05) is 17.7 Å². The first-order valence-electron chi connectivity index (χ1n) is 5.44. The summed E-state index contributed by atoms with van der Waals surface area (Å²) in [5.74, 6) is 3.90. The van der Waals surface area contributed by atoms with Crippen molar-refractivity contribution in [3.63, 3.8) is 0 Å². The molecule has 0 unspecified atom stereocenters. The Kier molecular flexibility index (Phi) is 3.92. The number of aromatic nitrogens is 2. The van der Waals surface area contributed by atoms with Crippen LogP contribution in [0.1, 0.15) is 20.8 Å². The number of benzene rings is 1. The number of nitrogens with zero attached hydrogens (tertiary/aromatic N) is 2. The van der Waals surface area contributed by atoms with Crippen molar-refractivity contribution in [2.45, 2.75) is 0 Å². The average molecular weight is 293 g/mol. The molecule has 0 radical (unpaired) electrons. The van der Waals surface area contributed by atoms with Gasteiger partial charge in [0, 0.05) is 16.7 Å². The minimum Gasteiger partial charge on any atom is -0.268 e. The Balaban J connectivity index is 2.24. The number of H-pyrrole nitrogens is 1. The molecular formula is C12H9ClN4O3. The van der Waals surface area contributed by atoms with Gasteiger partial charge in [0.2, 0.25) is 0 Å². The number of hydrogen-bond donors (Lipinski definition) is 2. The van der Waals surface area contributed by atoms with Gasteiger partial charge in [-0.2, -0.15) is 5.10 Å². The van der Waals surface area contributed by atoms with Crippen molar-refractivity contribution < 1.29 is 9.59 Å². The monoisotopic (exact) mass is 292 g/mol. The Hall–Kier alpha value is -2.51. The Bertz CT molecular complexity index is 708. The van der Waals surface area contributed by atoms with E-state index in [2.05, 4.69) is 10.2 Å². The molecule has 20 heavy (non-hydrogen) atoms. The zero-order valence-electron chi connectivity index (χ0n) is 10.0. The summed E-state index contributed by atoms with van der Waals surface area (Å²) in [5.41, 5.74) is -0.452. The molecule has 2 rings (SSSR count). The fraction of sp³-hybridized carbons (Fsp3) is 0. The molecule has 8 heteroatoms. The summed E-state index contributed by atoms with van der Waals surface area (Å²) >= 11 is 5.76. The van der Waals surface area contributed by atoms with Gasteiger partial charge in [0.25, 0.3) is 17.4 Å². The van der Waals surface area contributed by atoms with Crippen molar-refractivity contribution in [3.8, 4) is 0 Å². The third kappa shape index (κ3) is 2.90. The zero-order valence-corrected chi connectivity index (χ0v) is 10.8. The van der Waals surface area contributed by atoms with Gasteiger partial charge in [-0.25, -0.2) is 16.0 Å². The summed E-state index contributed by atoms with van der Waals surface area (Å²) in [5, 5.41) is 6.34. The van der Waals surface area contributed by atoms with Gasteiger partial charge >= 0.3 is 0 Å². The van der Waals surface area contributed by atoms with E-state index in [1.54, 1.807) is 12.1 Å². The van der Waals surface area contributed by atoms with Crippen LogP contribution in [0.4, 0.5) is 0 Å². The van der Waals surface area contributed by atoms with Crippen LogP contribution in [0.5, 0.6) is 0 Å². The number of amides is 2. The van der Waals surface area contributed by atoms with E-state index < -0.39 is 17.4 Å². The highest BCUT2D eigenvalue weighted by Crippen LogP contribution is 2.12. The summed E-state index contributed by atoms with van der Waals surface area (Å²) in [6.07, 6.45) is 0. The van der Waals surface area contributed by atoms with Crippen LogP contribution in [0.3, 0.4) is 0 Å². The molecule has 3 N–H and O–H groups in total. The molecule has 0 spiro atoms. The van der Waals surface area contributed by atoms with Crippen molar-refractivity contribution in [2.24, 2.45) is 5.84 Å². The van der Waals surface area contributed by atoms with E-state index in [9.17, 15) is 14.4 Å². The Morgan fingerprint density at radius 1 is 1.20 bits per heavy atom. The lowest BCUT2D eigenvalue weighted by atomic mass is 10.2. The number of nitrogens with one attached hydrogen (secondary N) is 1. The second-order valence-corrected chi connectivity index (χ2v) is 4.23. The van der Waals surface area contributed by atoms with Crippen molar-refractivity contribution >= 4 is 23.4 Å². The molecule has 0 saturated heterocycles. The fourth-order valence-electron chi connectivity index (χ4n) is 1.44.